The van der Waals surface area contributed by atoms with Gasteiger partial charge in [-0.3, -0.25) is 0 Å². The zero-order chi connectivity index (χ0) is 8.11. The van der Waals surface area contributed by atoms with Gasteiger partial charge in [-0.05, 0) is 38.0 Å². The third-order valence-electron chi connectivity index (χ3n) is 3.08. The molecule has 64 valence electrons. The van der Waals surface area contributed by atoms with Crippen molar-refractivity contribution in [1.29, 1.82) is 0 Å². The molecule has 11 heavy (non-hydrogen) atoms. The van der Waals surface area contributed by atoms with Gasteiger partial charge in [0.05, 0.1) is 11.7 Å². The first-order valence-electron chi connectivity index (χ1n) is 4.67. The van der Waals surface area contributed by atoms with Crippen molar-refractivity contribution >= 4 is 0 Å². The van der Waals surface area contributed by atoms with Crippen molar-refractivity contribution in [2.75, 3.05) is 0 Å². The lowest BCUT2D eigenvalue weighted by Crippen LogP contribution is -2.38. The quantitative estimate of drug-likeness (QED) is 0.521. The van der Waals surface area contributed by atoms with Crippen molar-refractivity contribution < 1.29 is 4.74 Å². The third-order valence-corrected chi connectivity index (χ3v) is 3.08. The van der Waals surface area contributed by atoms with Crippen molar-refractivity contribution in [3.8, 4) is 0 Å². The largest absolute Gasteiger partial charge is 0.372 e. The summed E-state index contributed by atoms with van der Waals surface area (Å²) >= 11 is 0. The van der Waals surface area contributed by atoms with Crippen LogP contribution >= 0.6 is 0 Å². The molecule has 2 unspecified atom stereocenters. The molecule has 1 nitrogen and oxygen atoms in total. The van der Waals surface area contributed by atoms with E-state index in [4.69, 9.17) is 4.74 Å². The molecule has 0 aliphatic carbocycles. The Morgan fingerprint density at radius 3 is 2.64 bits per heavy atom. The second-order valence-electron chi connectivity index (χ2n) is 5.27. The number of fused-ring (bicyclic) bond motifs is 2. The standard InChI is InChI=1S/C10H18O/c1-9(2)6-8-4-5-10(3,7-9)11-8/h8H,4-7H2,1-3H3. The second kappa shape index (κ2) is 2.01. The average molecular weight is 154 g/mol. The summed E-state index contributed by atoms with van der Waals surface area (Å²) in [6, 6.07) is 0. The molecule has 0 radical (unpaired) electrons. The Bertz CT molecular complexity index is 174. The normalized spacial score (nSPS) is 47.7. The minimum atomic E-state index is 0.229. The van der Waals surface area contributed by atoms with Crippen LogP contribution in [0.5, 0.6) is 0 Å². The Morgan fingerprint density at radius 2 is 2.00 bits per heavy atom. The Labute approximate surface area is 69.1 Å². The van der Waals surface area contributed by atoms with Gasteiger partial charge in [-0.15, -0.1) is 0 Å². The molecule has 2 aliphatic heterocycles. The second-order valence-corrected chi connectivity index (χ2v) is 5.27. The van der Waals surface area contributed by atoms with Crippen molar-refractivity contribution in [3.05, 3.63) is 0 Å². The van der Waals surface area contributed by atoms with Crippen LogP contribution < -0.4 is 0 Å². The summed E-state index contributed by atoms with van der Waals surface area (Å²) in [5.41, 5.74) is 0.751. The number of hydrogen-bond donors (Lipinski definition) is 0. The maximum absolute atomic E-state index is 5.92. The van der Waals surface area contributed by atoms with Crippen LogP contribution in [0.25, 0.3) is 0 Å². The SMILES string of the molecule is CC1(C)CC2CCC(C)(C1)O2. The zero-order valence-corrected chi connectivity index (χ0v) is 7.81. The number of hydrogen-bond acceptors (Lipinski definition) is 1. The van der Waals surface area contributed by atoms with Gasteiger partial charge in [0.15, 0.2) is 0 Å². The first kappa shape index (κ1) is 7.60. The van der Waals surface area contributed by atoms with E-state index >= 15 is 0 Å². The number of rotatable bonds is 0. The molecule has 0 aromatic carbocycles. The predicted octanol–water partition coefficient (Wildman–Crippen LogP) is 2.74. The number of ether oxygens (including phenoxy) is 1. The van der Waals surface area contributed by atoms with Gasteiger partial charge in [-0.1, -0.05) is 13.8 Å². The van der Waals surface area contributed by atoms with Gasteiger partial charge in [0.1, 0.15) is 0 Å². The van der Waals surface area contributed by atoms with Crippen LogP contribution in [0.2, 0.25) is 0 Å². The molecule has 2 atom stereocenters. The Kier molecular flexibility index (Phi) is 1.39. The molecule has 0 N–H and O–H groups in total. The Hall–Kier alpha value is -0.0400. The summed E-state index contributed by atoms with van der Waals surface area (Å²) in [6.07, 6.45) is 5.66. The first-order valence-corrected chi connectivity index (χ1v) is 4.67. The molecule has 0 saturated carbocycles. The minimum Gasteiger partial charge on any atom is -0.372 e. The van der Waals surface area contributed by atoms with Gasteiger partial charge in [0.2, 0.25) is 0 Å². The summed E-state index contributed by atoms with van der Waals surface area (Å²) in [7, 11) is 0. The van der Waals surface area contributed by atoms with Crippen LogP contribution in [0.3, 0.4) is 0 Å². The Morgan fingerprint density at radius 1 is 1.27 bits per heavy atom. The summed E-state index contributed by atoms with van der Waals surface area (Å²) in [5, 5.41) is 0. The molecule has 1 heteroatoms. The molecule has 2 heterocycles. The highest BCUT2D eigenvalue weighted by atomic mass is 16.5. The highest BCUT2D eigenvalue weighted by molar-refractivity contribution is 4.96. The smallest absolute Gasteiger partial charge is 0.0664 e. The van der Waals surface area contributed by atoms with E-state index in [-0.39, 0.29) is 5.60 Å². The van der Waals surface area contributed by atoms with E-state index in [0.29, 0.717) is 11.5 Å². The van der Waals surface area contributed by atoms with Crippen LogP contribution in [-0.4, -0.2) is 11.7 Å². The maximum atomic E-state index is 5.92. The van der Waals surface area contributed by atoms with Crippen molar-refractivity contribution in [2.24, 2.45) is 5.41 Å². The highest BCUT2D eigenvalue weighted by Gasteiger charge is 2.46. The Balaban J connectivity index is 2.19. The molecule has 2 saturated heterocycles. The fourth-order valence-corrected chi connectivity index (χ4v) is 2.96. The molecular weight excluding hydrogens is 136 g/mol. The topological polar surface area (TPSA) is 9.23 Å². The lowest BCUT2D eigenvalue weighted by molar-refractivity contribution is -0.107. The monoisotopic (exact) mass is 154 g/mol. The van der Waals surface area contributed by atoms with E-state index in [0.717, 1.165) is 0 Å². The van der Waals surface area contributed by atoms with Crippen molar-refractivity contribution in [1.82, 2.24) is 0 Å². The lowest BCUT2D eigenvalue weighted by atomic mass is 9.77. The van der Waals surface area contributed by atoms with Crippen molar-refractivity contribution in [2.45, 2.75) is 58.2 Å². The minimum absolute atomic E-state index is 0.229. The molecule has 0 aromatic rings. The van der Waals surface area contributed by atoms with Gasteiger partial charge >= 0.3 is 0 Å². The van der Waals surface area contributed by atoms with Gasteiger partial charge in [-0.25, -0.2) is 0 Å². The molecule has 0 amide bonds. The van der Waals surface area contributed by atoms with Crippen LogP contribution in [0.4, 0.5) is 0 Å². The van der Waals surface area contributed by atoms with E-state index in [1.165, 1.54) is 25.7 Å². The van der Waals surface area contributed by atoms with Crippen LogP contribution in [-0.2, 0) is 4.74 Å². The fourth-order valence-electron chi connectivity index (χ4n) is 2.96. The van der Waals surface area contributed by atoms with E-state index < -0.39 is 0 Å². The summed E-state index contributed by atoms with van der Waals surface area (Å²) in [6.45, 7) is 7.01. The van der Waals surface area contributed by atoms with E-state index in [9.17, 15) is 0 Å². The summed E-state index contributed by atoms with van der Waals surface area (Å²) in [4.78, 5) is 0. The third kappa shape index (κ3) is 1.31. The molecule has 2 fully saturated rings. The predicted molar refractivity (Wildman–Crippen MR) is 45.5 cm³/mol. The van der Waals surface area contributed by atoms with Crippen LogP contribution in [0.1, 0.15) is 46.5 Å². The van der Waals surface area contributed by atoms with Crippen LogP contribution in [0.15, 0.2) is 0 Å². The molecule has 2 rings (SSSR count). The van der Waals surface area contributed by atoms with E-state index in [2.05, 4.69) is 20.8 Å². The van der Waals surface area contributed by atoms with Gasteiger partial charge in [0.25, 0.3) is 0 Å². The van der Waals surface area contributed by atoms with Gasteiger partial charge in [-0.2, -0.15) is 0 Å². The van der Waals surface area contributed by atoms with E-state index in [1.54, 1.807) is 0 Å². The fraction of sp³-hybridized carbons (Fsp3) is 1.00. The van der Waals surface area contributed by atoms with Gasteiger partial charge in [0, 0.05) is 0 Å². The molecule has 2 bridgehead atoms. The van der Waals surface area contributed by atoms with Crippen molar-refractivity contribution in [3.63, 3.8) is 0 Å². The lowest BCUT2D eigenvalue weighted by Gasteiger charge is -2.40. The molecule has 0 aromatic heterocycles. The average Bonchev–Trinajstić information content (AvgIpc) is 2.03. The highest BCUT2D eigenvalue weighted by Crippen LogP contribution is 2.49. The molecule has 0 spiro atoms. The van der Waals surface area contributed by atoms with Gasteiger partial charge < -0.3 is 4.74 Å². The maximum Gasteiger partial charge on any atom is 0.0664 e. The molecular formula is C10H18O. The summed E-state index contributed by atoms with van der Waals surface area (Å²) in [5.74, 6) is 0. The zero-order valence-electron chi connectivity index (χ0n) is 7.81. The molecule has 2 aliphatic rings. The van der Waals surface area contributed by atoms with E-state index in [1.807, 2.05) is 0 Å². The van der Waals surface area contributed by atoms with Crippen LogP contribution in [0, 0.1) is 5.41 Å². The summed E-state index contributed by atoms with van der Waals surface area (Å²) < 4.78 is 5.92. The first-order chi connectivity index (χ1) is 4.99.